The molecule has 0 aliphatic rings. The molecule has 0 aliphatic heterocycles. The number of fused-ring (bicyclic) bond motifs is 1. The first-order valence-corrected chi connectivity index (χ1v) is 10.9. The van der Waals surface area contributed by atoms with Gasteiger partial charge < -0.3 is 9.47 Å². The third-order valence-corrected chi connectivity index (χ3v) is 5.21. The molecule has 34 heavy (non-hydrogen) atoms. The minimum absolute atomic E-state index is 0.350. The van der Waals surface area contributed by atoms with Crippen LogP contribution in [0.25, 0.3) is 10.8 Å². The fourth-order valence-corrected chi connectivity index (χ4v) is 3.34. The number of carbonyl (C=O) groups is 2. The van der Waals surface area contributed by atoms with Gasteiger partial charge in [0.2, 0.25) is 0 Å². The number of benzene rings is 4. The molecular weight excluding hydrogens is 452 g/mol. The molecule has 0 aromatic heterocycles. The normalized spacial score (nSPS) is 11.8. The lowest BCUT2D eigenvalue weighted by molar-refractivity contribution is -0.127. The average molecular weight is 473 g/mol. The van der Waals surface area contributed by atoms with Gasteiger partial charge in [0.15, 0.2) is 6.10 Å². The number of amides is 1. The van der Waals surface area contributed by atoms with Gasteiger partial charge in [0, 0.05) is 10.4 Å². The van der Waals surface area contributed by atoms with Crippen molar-refractivity contribution >= 4 is 40.5 Å². The van der Waals surface area contributed by atoms with Gasteiger partial charge in [-0.2, -0.15) is 5.10 Å². The van der Waals surface area contributed by atoms with Crippen LogP contribution in [0.5, 0.6) is 11.5 Å². The van der Waals surface area contributed by atoms with E-state index in [1.807, 2.05) is 42.5 Å². The predicted octanol–water partition coefficient (Wildman–Crippen LogP) is 5.63. The molecule has 0 radical (unpaired) electrons. The molecule has 1 amide bonds. The zero-order chi connectivity index (χ0) is 23.9. The zero-order valence-corrected chi connectivity index (χ0v) is 19.0. The number of hydrogen-bond acceptors (Lipinski definition) is 5. The van der Waals surface area contributed by atoms with Crippen LogP contribution in [-0.2, 0) is 4.79 Å². The molecule has 0 spiro atoms. The highest BCUT2D eigenvalue weighted by Crippen LogP contribution is 2.26. The molecule has 7 heteroatoms. The van der Waals surface area contributed by atoms with Crippen LogP contribution in [0.2, 0.25) is 5.02 Å². The smallest absolute Gasteiger partial charge is 0.343 e. The second kappa shape index (κ2) is 10.6. The third kappa shape index (κ3) is 5.79. The SMILES string of the molecule is CC(Oc1cccc2ccccc12)C(=O)NN=Cc1cccc(OC(=O)c2ccc(Cl)cc2)c1. The highest BCUT2D eigenvalue weighted by atomic mass is 35.5. The molecule has 0 saturated carbocycles. The predicted molar refractivity (Wildman–Crippen MR) is 133 cm³/mol. The maximum absolute atomic E-state index is 12.4. The van der Waals surface area contributed by atoms with Crippen molar-refractivity contribution < 1.29 is 19.1 Å². The van der Waals surface area contributed by atoms with E-state index in [0.29, 0.717) is 27.6 Å². The Morgan fingerprint density at radius 3 is 2.50 bits per heavy atom. The number of esters is 1. The summed E-state index contributed by atoms with van der Waals surface area (Å²) in [6.07, 6.45) is 0.705. The molecule has 1 atom stereocenters. The largest absolute Gasteiger partial charge is 0.480 e. The summed E-state index contributed by atoms with van der Waals surface area (Å²) < 4.78 is 11.2. The monoisotopic (exact) mass is 472 g/mol. The van der Waals surface area contributed by atoms with Gasteiger partial charge in [-0.3, -0.25) is 4.79 Å². The Balaban J connectivity index is 1.35. The van der Waals surface area contributed by atoms with Gasteiger partial charge in [-0.1, -0.05) is 60.1 Å². The first-order valence-electron chi connectivity index (χ1n) is 10.5. The molecule has 0 aliphatic carbocycles. The molecule has 0 saturated heterocycles. The van der Waals surface area contributed by atoms with E-state index in [9.17, 15) is 9.59 Å². The van der Waals surface area contributed by atoms with Crippen molar-refractivity contribution in [2.75, 3.05) is 0 Å². The Morgan fingerprint density at radius 2 is 1.68 bits per heavy atom. The number of ether oxygens (including phenoxy) is 2. The molecule has 4 aromatic carbocycles. The van der Waals surface area contributed by atoms with Crippen LogP contribution in [0, 0.1) is 0 Å². The summed E-state index contributed by atoms with van der Waals surface area (Å²) in [6, 6.07) is 26.7. The standard InChI is InChI=1S/C27H21ClN2O4/c1-18(33-25-11-5-8-20-7-2-3-10-24(20)25)26(31)30-29-17-19-6-4-9-23(16-19)34-27(32)21-12-14-22(28)15-13-21/h2-18H,1H3,(H,30,31). The topological polar surface area (TPSA) is 77.0 Å². The zero-order valence-electron chi connectivity index (χ0n) is 18.3. The lowest BCUT2D eigenvalue weighted by Gasteiger charge is -2.14. The number of hydrogen-bond donors (Lipinski definition) is 1. The number of halogens is 1. The minimum atomic E-state index is -0.755. The van der Waals surface area contributed by atoms with Crippen molar-refractivity contribution in [2.45, 2.75) is 13.0 Å². The molecule has 4 aromatic rings. The molecule has 0 fully saturated rings. The van der Waals surface area contributed by atoms with Gasteiger partial charge in [-0.15, -0.1) is 0 Å². The van der Waals surface area contributed by atoms with Crippen molar-refractivity contribution in [3.63, 3.8) is 0 Å². The molecular formula is C27H21ClN2O4. The van der Waals surface area contributed by atoms with Crippen molar-refractivity contribution in [1.29, 1.82) is 0 Å². The highest BCUT2D eigenvalue weighted by Gasteiger charge is 2.15. The molecule has 0 bridgehead atoms. The van der Waals surface area contributed by atoms with Crippen LogP contribution < -0.4 is 14.9 Å². The first kappa shape index (κ1) is 23.0. The lowest BCUT2D eigenvalue weighted by atomic mass is 10.1. The van der Waals surface area contributed by atoms with Crippen molar-refractivity contribution in [2.24, 2.45) is 5.10 Å². The van der Waals surface area contributed by atoms with E-state index >= 15 is 0 Å². The van der Waals surface area contributed by atoms with E-state index in [1.165, 1.54) is 6.21 Å². The van der Waals surface area contributed by atoms with Gasteiger partial charge in [0.05, 0.1) is 11.8 Å². The van der Waals surface area contributed by atoms with Crippen molar-refractivity contribution in [1.82, 2.24) is 5.43 Å². The van der Waals surface area contributed by atoms with E-state index in [-0.39, 0.29) is 0 Å². The number of nitrogens with zero attached hydrogens (tertiary/aromatic N) is 1. The first-order chi connectivity index (χ1) is 16.5. The van der Waals surface area contributed by atoms with Crippen LogP contribution in [0.15, 0.2) is 96.1 Å². The summed E-state index contributed by atoms with van der Waals surface area (Å²) in [7, 11) is 0. The number of carbonyl (C=O) groups excluding carboxylic acids is 2. The Morgan fingerprint density at radius 1 is 0.941 bits per heavy atom. The van der Waals surface area contributed by atoms with E-state index in [2.05, 4.69) is 10.5 Å². The number of hydrazone groups is 1. The van der Waals surface area contributed by atoms with Crippen LogP contribution >= 0.6 is 11.6 Å². The van der Waals surface area contributed by atoms with Crippen LogP contribution in [0.1, 0.15) is 22.8 Å². The maximum atomic E-state index is 12.4. The summed E-state index contributed by atoms with van der Waals surface area (Å²) in [5.74, 6) is 0.0794. The molecule has 4 rings (SSSR count). The van der Waals surface area contributed by atoms with E-state index in [0.717, 1.165) is 10.8 Å². The van der Waals surface area contributed by atoms with E-state index in [1.54, 1.807) is 55.5 Å². The Labute approximate surface area is 201 Å². The third-order valence-electron chi connectivity index (χ3n) is 4.96. The van der Waals surface area contributed by atoms with E-state index < -0.39 is 18.0 Å². The molecule has 170 valence electrons. The number of rotatable bonds is 7. The molecule has 6 nitrogen and oxygen atoms in total. The molecule has 1 unspecified atom stereocenters. The van der Waals surface area contributed by atoms with Gasteiger partial charge in [0.25, 0.3) is 5.91 Å². The van der Waals surface area contributed by atoms with Gasteiger partial charge in [-0.05, 0) is 60.3 Å². The Hall–Kier alpha value is -4.16. The summed E-state index contributed by atoms with van der Waals surface area (Å²) in [6.45, 7) is 1.66. The quantitative estimate of drug-likeness (QED) is 0.164. The fourth-order valence-electron chi connectivity index (χ4n) is 3.21. The van der Waals surface area contributed by atoms with Gasteiger partial charge in [0.1, 0.15) is 11.5 Å². The fraction of sp³-hybridized carbons (Fsp3) is 0.0741. The second-order valence-corrected chi connectivity index (χ2v) is 7.88. The van der Waals surface area contributed by atoms with E-state index in [4.69, 9.17) is 21.1 Å². The van der Waals surface area contributed by atoms with Gasteiger partial charge in [-0.25, -0.2) is 10.2 Å². The van der Waals surface area contributed by atoms with Crippen LogP contribution in [0.4, 0.5) is 0 Å². The maximum Gasteiger partial charge on any atom is 0.343 e. The van der Waals surface area contributed by atoms with Crippen LogP contribution in [-0.4, -0.2) is 24.2 Å². The Kier molecular flexibility index (Phi) is 7.20. The second-order valence-electron chi connectivity index (χ2n) is 7.44. The number of nitrogens with one attached hydrogen (secondary N) is 1. The van der Waals surface area contributed by atoms with Gasteiger partial charge >= 0.3 is 5.97 Å². The summed E-state index contributed by atoms with van der Waals surface area (Å²) in [5, 5.41) is 6.49. The lowest BCUT2D eigenvalue weighted by Crippen LogP contribution is -2.33. The Bertz CT molecular complexity index is 1350. The summed E-state index contributed by atoms with van der Waals surface area (Å²) >= 11 is 5.85. The van der Waals surface area contributed by atoms with Crippen molar-refractivity contribution in [3.8, 4) is 11.5 Å². The average Bonchev–Trinajstić information content (AvgIpc) is 2.85. The summed E-state index contributed by atoms with van der Waals surface area (Å²) in [5.41, 5.74) is 3.50. The molecule has 1 N–H and O–H groups in total. The minimum Gasteiger partial charge on any atom is -0.480 e. The summed E-state index contributed by atoms with van der Waals surface area (Å²) in [4.78, 5) is 24.7. The van der Waals surface area contributed by atoms with Crippen LogP contribution in [0.3, 0.4) is 0 Å². The van der Waals surface area contributed by atoms with Crippen molar-refractivity contribution in [3.05, 3.63) is 107 Å². The molecule has 0 heterocycles. The highest BCUT2D eigenvalue weighted by molar-refractivity contribution is 6.30.